The molecule has 0 aliphatic heterocycles. The van der Waals surface area contributed by atoms with E-state index >= 15 is 0 Å². The molecule has 0 heterocycles. The van der Waals surface area contributed by atoms with E-state index in [4.69, 9.17) is 5.73 Å². The molecule has 0 atom stereocenters. The van der Waals surface area contributed by atoms with Crippen molar-refractivity contribution in [3.05, 3.63) is 34.1 Å². The van der Waals surface area contributed by atoms with Crippen molar-refractivity contribution in [3.63, 3.8) is 0 Å². The molecule has 1 aliphatic rings. The van der Waals surface area contributed by atoms with Crippen LogP contribution in [-0.4, -0.2) is 24.0 Å². The summed E-state index contributed by atoms with van der Waals surface area (Å²) in [5.74, 6) is -0.148. The fraction of sp³-hybridized carbons (Fsp3) is 0.500. The van der Waals surface area contributed by atoms with Crippen LogP contribution in [0.2, 0.25) is 0 Å². The fourth-order valence-corrected chi connectivity index (χ4v) is 2.29. The van der Waals surface area contributed by atoms with Gasteiger partial charge in [0.2, 0.25) is 0 Å². The molecular formula is C12H16BrFN2. The first-order valence-electron chi connectivity index (χ1n) is 5.59. The summed E-state index contributed by atoms with van der Waals surface area (Å²) in [5.41, 5.74) is 6.32. The molecule has 1 saturated carbocycles. The molecule has 4 heteroatoms. The van der Waals surface area contributed by atoms with Crippen LogP contribution in [0.25, 0.3) is 0 Å². The second kappa shape index (κ2) is 5.25. The normalized spacial score (nSPS) is 15.8. The molecule has 0 radical (unpaired) electrons. The minimum absolute atomic E-state index is 0.148. The van der Waals surface area contributed by atoms with Crippen molar-refractivity contribution in [1.82, 2.24) is 4.90 Å². The molecule has 2 rings (SSSR count). The summed E-state index contributed by atoms with van der Waals surface area (Å²) in [4.78, 5) is 2.27. The van der Waals surface area contributed by atoms with E-state index < -0.39 is 0 Å². The zero-order valence-corrected chi connectivity index (χ0v) is 10.7. The van der Waals surface area contributed by atoms with Crippen LogP contribution in [0.1, 0.15) is 18.4 Å². The standard InChI is InChI=1S/C12H16BrFN2/c13-11-3-1-2-9(12(11)14)8-16(7-6-15)10-4-5-10/h1-3,10H,4-8,15H2. The predicted octanol–water partition coefficient (Wildman–Crippen LogP) is 2.51. The van der Waals surface area contributed by atoms with Crippen LogP contribution in [-0.2, 0) is 6.54 Å². The average Bonchev–Trinajstić information content (AvgIpc) is 3.07. The predicted molar refractivity (Wildman–Crippen MR) is 66.6 cm³/mol. The Morgan fingerprint density at radius 3 is 2.81 bits per heavy atom. The van der Waals surface area contributed by atoms with Crippen molar-refractivity contribution in [2.24, 2.45) is 5.73 Å². The third-order valence-electron chi connectivity index (χ3n) is 2.88. The molecule has 1 aromatic carbocycles. The summed E-state index contributed by atoms with van der Waals surface area (Å²) < 4.78 is 14.3. The Balaban J connectivity index is 2.08. The minimum Gasteiger partial charge on any atom is -0.329 e. The first kappa shape index (κ1) is 12.0. The maximum Gasteiger partial charge on any atom is 0.141 e. The van der Waals surface area contributed by atoms with Crippen LogP contribution in [0, 0.1) is 5.82 Å². The van der Waals surface area contributed by atoms with E-state index in [0.29, 0.717) is 23.6 Å². The molecular weight excluding hydrogens is 271 g/mol. The van der Waals surface area contributed by atoms with E-state index in [2.05, 4.69) is 20.8 Å². The summed E-state index contributed by atoms with van der Waals surface area (Å²) in [6.45, 7) is 2.13. The molecule has 1 aliphatic carbocycles. The van der Waals surface area contributed by atoms with Gasteiger partial charge in [-0.25, -0.2) is 4.39 Å². The van der Waals surface area contributed by atoms with Gasteiger partial charge in [0.05, 0.1) is 4.47 Å². The monoisotopic (exact) mass is 286 g/mol. The lowest BCUT2D eigenvalue weighted by Crippen LogP contribution is -2.31. The van der Waals surface area contributed by atoms with E-state index in [1.807, 2.05) is 12.1 Å². The van der Waals surface area contributed by atoms with Gasteiger partial charge in [-0.15, -0.1) is 0 Å². The van der Waals surface area contributed by atoms with Crippen LogP contribution in [0.4, 0.5) is 4.39 Å². The van der Waals surface area contributed by atoms with Gasteiger partial charge in [0.15, 0.2) is 0 Å². The Morgan fingerprint density at radius 2 is 2.19 bits per heavy atom. The quantitative estimate of drug-likeness (QED) is 0.901. The van der Waals surface area contributed by atoms with Crippen molar-refractivity contribution in [3.8, 4) is 0 Å². The lowest BCUT2D eigenvalue weighted by atomic mass is 10.2. The molecule has 1 fully saturated rings. The summed E-state index contributed by atoms with van der Waals surface area (Å²) in [6, 6.07) is 6.05. The molecule has 0 bridgehead atoms. The fourth-order valence-electron chi connectivity index (χ4n) is 1.89. The highest BCUT2D eigenvalue weighted by Gasteiger charge is 2.28. The van der Waals surface area contributed by atoms with Gasteiger partial charge in [-0.3, -0.25) is 4.90 Å². The molecule has 16 heavy (non-hydrogen) atoms. The summed E-state index contributed by atoms with van der Waals surface area (Å²) in [7, 11) is 0. The third-order valence-corrected chi connectivity index (χ3v) is 3.50. The first-order chi connectivity index (χ1) is 7.72. The summed E-state index contributed by atoms with van der Waals surface area (Å²) in [5, 5.41) is 0. The van der Waals surface area contributed by atoms with Gasteiger partial charge in [-0.2, -0.15) is 0 Å². The van der Waals surface area contributed by atoms with Crippen LogP contribution in [0.3, 0.4) is 0 Å². The summed E-state index contributed by atoms with van der Waals surface area (Å²) in [6.07, 6.45) is 2.44. The van der Waals surface area contributed by atoms with E-state index in [0.717, 1.165) is 12.1 Å². The van der Waals surface area contributed by atoms with E-state index in [9.17, 15) is 4.39 Å². The van der Waals surface area contributed by atoms with Crippen LogP contribution >= 0.6 is 15.9 Å². The number of rotatable bonds is 5. The SMILES string of the molecule is NCCN(Cc1cccc(Br)c1F)C1CC1. The zero-order chi connectivity index (χ0) is 11.5. The van der Waals surface area contributed by atoms with Crippen LogP contribution < -0.4 is 5.73 Å². The Labute approximate surface area is 104 Å². The van der Waals surface area contributed by atoms with Gasteiger partial charge in [-0.1, -0.05) is 12.1 Å². The Kier molecular flexibility index (Phi) is 3.95. The third kappa shape index (κ3) is 2.81. The van der Waals surface area contributed by atoms with Crippen molar-refractivity contribution in [2.75, 3.05) is 13.1 Å². The number of benzene rings is 1. The molecule has 1 aromatic rings. The lowest BCUT2D eigenvalue weighted by Gasteiger charge is -2.21. The summed E-state index contributed by atoms with van der Waals surface area (Å²) >= 11 is 3.21. The molecule has 2 N–H and O–H groups in total. The smallest absolute Gasteiger partial charge is 0.141 e. The van der Waals surface area contributed by atoms with Crippen molar-refractivity contribution < 1.29 is 4.39 Å². The second-order valence-corrected chi connectivity index (χ2v) is 5.06. The number of hydrogen-bond donors (Lipinski definition) is 1. The van der Waals surface area contributed by atoms with Gasteiger partial charge in [0, 0.05) is 31.2 Å². The van der Waals surface area contributed by atoms with Crippen molar-refractivity contribution in [2.45, 2.75) is 25.4 Å². The highest BCUT2D eigenvalue weighted by Crippen LogP contribution is 2.29. The molecule has 0 aromatic heterocycles. The minimum atomic E-state index is -0.148. The highest BCUT2D eigenvalue weighted by molar-refractivity contribution is 9.10. The maximum atomic E-state index is 13.8. The number of halogens is 2. The van der Waals surface area contributed by atoms with Gasteiger partial charge in [0.1, 0.15) is 5.82 Å². The Bertz CT molecular complexity index is 366. The number of hydrogen-bond acceptors (Lipinski definition) is 2. The maximum absolute atomic E-state index is 13.8. The second-order valence-electron chi connectivity index (χ2n) is 4.20. The largest absolute Gasteiger partial charge is 0.329 e. The van der Waals surface area contributed by atoms with Crippen LogP contribution in [0.5, 0.6) is 0 Å². The van der Waals surface area contributed by atoms with Gasteiger partial charge < -0.3 is 5.73 Å². The molecule has 0 unspecified atom stereocenters. The number of nitrogens with two attached hydrogens (primary N) is 1. The Hall–Kier alpha value is -0.450. The van der Waals surface area contributed by atoms with Gasteiger partial charge >= 0.3 is 0 Å². The zero-order valence-electron chi connectivity index (χ0n) is 9.13. The van der Waals surface area contributed by atoms with Gasteiger partial charge in [0.25, 0.3) is 0 Å². The molecule has 0 saturated heterocycles. The van der Waals surface area contributed by atoms with Crippen molar-refractivity contribution in [1.29, 1.82) is 0 Å². The molecule has 0 spiro atoms. The van der Waals surface area contributed by atoms with Crippen LogP contribution in [0.15, 0.2) is 22.7 Å². The van der Waals surface area contributed by atoms with Gasteiger partial charge in [-0.05, 0) is 34.8 Å². The molecule has 88 valence electrons. The first-order valence-corrected chi connectivity index (χ1v) is 6.38. The molecule has 0 amide bonds. The average molecular weight is 287 g/mol. The van der Waals surface area contributed by atoms with E-state index in [1.165, 1.54) is 12.8 Å². The molecule has 2 nitrogen and oxygen atoms in total. The highest BCUT2D eigenvalue weighted by atomic mass is 79.9. The van der Waals surface area contributed by atoms with E-state index in [1.54, 1.807) is 6.07 Å². The topological polar surface area (TPSA) is 29.3 Å². The lowest BCUT2D eigenvalue weighted by molar-refractivity contribution is 0.258. The van der Waals surface area contributed by atoms with Crippen molar-refractivity contribution >= 4 is 15.9 Å². The van der Waals surface area contributed by atoms with E-state index in [-0.39, 0.29) is 5.82 Å². The number of nitrogens with zero attached hydrogens (tertiary/aromatic N) is 1. The Morgan fingerprint density at radius 1 is 1.44 bits per heavy atom.